The van der Waals surface area contributed by atoms with E-state index in [1.54, 1.807) is 0 Å². The minimum Gasteiger partial charge on any atom is -0.390 e. The molecule has 2 rings (SSSR count). The highest BCUT2D eigenvalue weighted by molar-refractivity contribution is 7.91. The molecule has 2 fully saturated rings. The predicted molar refractivity (Wildman–Crippen MR) is 66.4 cm³/mol. The van der Waals surface area contributed by atoms with Gasteiger partial charge in [0, 0.05) is 12.6 Å². The van der Waals surface area contributed by atoms with Gasteiger partial charge in [0.2, 0.25) is 0 Å². The van der Waals surface area contributed by atoms with Crippen molar-refractivity contribution in [2.24, 2.45) is 11.7 Å². The Labute approximate surface area is 103 Å². The van der Waals surface area contributed by atoms with Gasteiger partial charge in [0.05, 0.1) is 23.7 Å². The third-order valence-corrected chi connectivity index (χ3v) is 5.69. The van der Waals surface area contributed by atoms with Crippen LogP contribution in [0.2, 0.25) is 0 Å². The molecule has 0 radical (unpaired) electrons. The van der Waals surface area contributed by atoms with Gasteiger partial charge in [-0.2, -0.15) is 0 Å². The predicted octanol–water partition coefficient (Wildman–Crippen LogP) is -0.796. The lowest BCUT2D eigenvalue weighted by molar-refractivity contribution is 0.0497. The quantitative estimate of drug-likeness (QED) is 0.681. The molecule has 6 heteroatoms. The number of nitrogens with two attached hydrogens (primary N) is 1. The number of aliphatic hydroxyl groups is 1. The zero-order valence-electron chi connectivity index (χ0n) is 10.2. The number of sulfone groups is 1. The van der Waals surface area contributed by atoms with Crippen LogP contribution >= 0.6 is 0 Å². The number of aliphatic hydroxyl groups excluding tert-OH is 1. The minimum atomic E-state index is -3.05. The van der Waals surface area contributed by atoms with E-state index in [2.05, 4.69) is 4.90 Å². The van der Waals surface area contributed by atoms with Crippen LogP contribution in [0, 0.1) is 5.92 Å². The first-order valence-electron chi connectivity index (χ1n) is 6.27. The Morgan fingerprint density at radius 3 is 2.65 bits per heavy atom. The maximum atomic E-state index is 11.5. The molecule has 0 aromatic rings. The zero-order valence-corrected chi connectivity index (χ0v) is 11.1. The first-order chi connectivity index (χ1) is 7.89. The third-order valence-electron chi connectivity index (χ3n) is 4.00. The van der Waals surface area contributed by atoms with Crippen molar-refractivity contribution < 1.29 is 13.5 Å². The lowest BCUT2D eigenvalue weighted by Gasteiger charge is -2.38. The van der Waals surface area contributed by atoms with Gasteiger partial charge in [0.1, 0.15) is 0 Å². The Bertz CT molecular complexity index is 369. The second kappa shape index (κ2) is 4.84. The van der Waals surface area contributed by atoms with Crippen LogP contribution in [-0.4, -0.2) is 61.2 Å². The van der Waals surface area contributed by atoms with Gasteiger partial charge in [-0.05, 0) is 32.2 Å². The molecule has 0 spiro atoms. The molecular weight excluding hydrogens is 240 g/mol. The van der Waals surface area contributed by atoms with Crippen LogP contribution in [-0.2, 0) is 9.84 Å². The van der Waals surface area contributed by atoms with Crippen molar-refractivity contribution in [3.05, 3.63) is 0 Å². The van der Waals surface area contributed by atoms with E-state index in [-0.39, 0.29) is 23.6 Å². The molecule has 3 N–H and O–H groups in total. The fourth-order valence-corrected chi connectivity index (χ4v) is 4.76. The molecule has 5 nitrogen and oxygen atoms in total. The molecule has 0 saturated carbocycles. The largest absolute Gasteiger partial charge is 0.390 e. The van der Waals surface area contributed by atoms with Crippen LogP contribution in [0.5, 0.6) is 0 Å². The zero-order chi connectivity index (χ0) is 12.6. The van der Waals surface area contributed by atoms with E-state index in [1.165, 1.54) is 0 Å². The van der Waals surface area contributed by atoms with Crippen LogP contribution in [0.25, 0.3) is 0 Å². The Hall–Kier alpha value is -0.170. The molecule has 2 saturated heterocycles. The third kappa shape index (κ3) is 2.99. The van der Waals surface area contributed by atoms with E-state index in [9.17, 15) is 13.5 Å². The van der Waals surface area contributed by atoms with E-state index in [0.717, 1.165) is 25.9 Å². The van der Waals surface area contributed by atoms with Crippen LogP contribution in [0.1, 0.15) is 19.8 Å². The van der Waals surface area contributed by atoms with Gasteiger partial charge in [-0.15, -0.1) is 0 Å². The molecule has 100 valence electrons. The summed E-state index contributed by atoms with van der Waals surface area (Å²) in [5.41, 5.74) is 5.91. The summed E-state index contributed by atoms with van der Waals surface area (Å²) in [6.45, 7) is 3.69. The molecule has 0 amide bonds. The van der Waals surface area contributed by atoms with Gasteiger partial charge in [0.25, 0.3) is 0 Å². The number of piperidine rings is 1. The fraction of sp³-hybridized carbons (Fsp3) is 1.00. The van der Waals surface area contributed by atoms with E-state index in [1.807, 2.05) is 6.92 Å². The summed E-state index contributed by atoms with van der Waals surface area (Å²) in [6.07, 6.45) is 1.41. The second-order valence-electron chi connectivity index (χ2n) is 5.47. The molecule has 2 heterocycles. The lowest BCUT2D eigenvalue weighted by Crippen LogP contribution is -2.50. The Balaban J connectivity index is 2.03. The molecule has 0 aromatic carbocycles. The average molecular weight is 262 g/mol. The van der Waals surface area contributed by atoms with E-state index < -0.39 is 15.9 Å². The highest BCUT2D eigenvalue weighted by Gasteiger charge is 2.41. The first kappa shape index (κ1) is 13.3. The normalized spacial score (nSPS) is 40.3. The molecule has 0 bridgehead atoms. The number of hydrogen-bond donors (Lipinski definition) is 2. The molecule has 0 aliphatic carbocycles. The average Bonchev–Trinajstić information content (AvgIpc) is 2.52. The van der Waals surface area contributed by atoms with Crippen molar-refractivity contribution in [3.8, 4) is 0 Å². The minimum absolute atomic E-state index is 0.0863. The Morgan fingerprint density at radius 1 is 1.41 bits per heavy atom. The molecular formula is C11H22N2O3S. The lowest BCUT2D eigenvalue weighted by atomic mass is 9.91. The summed E-state index contributed by atoms with van der Waals surface area (Å²) < 4.78 is 23.0. The molecule has 4 atom stereocenters. The van der Waals surface area contributed by atoms with Gasteiger partial charge >= 0.3 is 0 Å². The number of hydrogen-bond acceptors (Lipinski definition) is 5. The van der Waals surface area contributed by atoms with Gasteiger partial charge in [0.15, 0.2) is 9.84 Å². The van der Waals surface area contributed by atoms with Crippen molar-refractivity contribution in [2.75, 3.05) is 24.6 Å². The van der Waals surface area contributed by atoms with E-state index in [4.69, 9.17) is 5.73 Å². The molecule has 2 aliphatic rings. The molecule has 17 heavy (non-hydrogen) atoms. The van der Waals surface area contributed by atoms with Gasteiger partial charge < -0.3 is 10.8 Å². The first-order valence-corrected chi connectivity index (χ1v) is 8.09. The molecule has 2 aliphatic heterocycles. The standard InChI is InChI=1S/C11H22N2O3S/c1-8(12)9-3-2-4-13(5-9)10-6-17(15,16)7-11(10)14/h8-11,14H,2-7,12H2,1H3. The van der Waals surface area contributed by atoms with Gasteiger partial charge in [-0.25, -0.2) is 8.42 Å². The van der Waals surface area contributed by atoms with E-state index in [0.29, 0.717) is 5.92 Å². The van der Waals surface area contributed by atoms with Crippen molar-refractivity contribution in [3.63, 3.8) is 0 Å². The Kier molecular flexibility index (Phi) is 3.77. The van der Waals surface area contributed by atoms with E-state index >= 15 is 0 Å². The summed E-state index contributed by atoms with van der Waals surface area (Å²) in [4.78, 5) is 2.12. The summed E-state index contributed by atoms with van der Waals surface area (Å²) in [5.74, 6) is 0.427. The van der Waals surface area contributed by atoms with Gasteiger partial charge in [-0.3, -0.25) is 4.90 Å². The highest BCUT2D eigenvalue weighted by atomic mass is 32.2. The van der Waals surface area contributed by atoms with Crippen LogP contribution in [0.15, 0.2) is 0 Å². The van der Waals surface area contributed by atoms with Crippen LogP contribution in [0.3, 0.4) is 0 Å². The summed E-state index contributed by atoms with van der Waals surface area (Å²) in [7, 11) is -3.05. The second-order valence-corrected chi connectivity index (χ2v) is 7.62. The monoisotopic (exact) mass is 262 g/mol. The summed E-state index contributed by atoms with van der Waals surface area (Å²) in [6, 6.07) is -0.0884. The SMILES string of the molecule is CC(N)C1CCCN(C2CS(=O)(=O)CC2O)C1. The van der Waals surface area contributed by atoms with Crippen molar-refractivity contribution >= 4 is 9.84 Å². The van der Waals surface area contributed by atoms with Gasteiger partial charge in [-0.1, -0.05) is 0 Å². The molecule has 4 unspecified atom stereocenters. The fourth-order valence-electron chi connectivity index (χ4n) is 2.93. The summed E-state index contributed by atoms with van der Waals surface area (Å²) >= 11 is 0. The maximum Gasteiger partial charge on any atom is 0.154 e. The van der Waals surface area contributed by atoms with Crippen molar-refractivity contribution in [2.45, 2.75) is 38.0 Å². The van der Waals surface area contributed by atoms with Crippen molar-refractivity contribution in [1.82, 2.24) is 4.90 Å². The number of nitrogens with zero attached hydrogens (tertiary/aromatic N) is 1. The maximum absolute atomic E-state index is 11.5. The van der Waals surface area contributed by atoms with Crippen molar-refractivity contribution in [1.29, 1.82) is 0 Å². The van der Waals surface area contributed by atoms with Crippen LogP contribution < -0.4 is 5.73 Å². The topological polar surface area (TPSA) is 83.6 Å². The highest BCUT2D eigenvalue weighted by Crippen LogP contribution is 2.25. The number of likely N-dealkylation sites (tertiary alicyclic amines) is 1. The molecule has 0 aromatic heterocycles. The Morgan fingerprint density at radius 2 is 2.12 bits per heavy atom. The smallest absolute Gasteiger partial charge is 0.154 e. The van der Waals surface area contributed by atoms with Crippen LogP contribution in [0.4, 0.5) is 0 Å². The summed E-state index contributed by atoms with van der Waals surface area (Å²) in [5, 5.41) is 9.85. The number of rotatable bonds is 2.